The van der Waals surface area contributed by atoms with Gasteiger partial charge in [-0.1, -0.05) is 42.5 Å². The van der Waals surface area contributed by atoms with Crippen molar-refractivity contribution in [2.45, 2.75) is 18.9 Å². The molecule has 2 heterocycles. The van der Waals surface area contributed by atoms with Gasteiger partial charge in [0.25, 0.3) is 17.4 Å². The maximum Gasteiger partial charge on any atom is 0.290 e. The van der Waals surface area contributed by atoms with Gasteiger partial charge in [-0.25, -0.2) is 4.68 Å². The van der Waals surface area contributed by atoms with E-state index in [4.69, 9.17) is 4.74 Å². The summed E-state index contributed by atoms with van der Waals surface area (Å²) in [5.41, 5.74) is 5.15. The number of aromatic nitrogens is 2. The average molecular weight is 392 g/mol. The maximum absolute atomic E-state index is 12.9. The van der Waals surface area contributed by atoms with Crippen LogP contribution in [0, 0.1) is 0 Å². The second-order valence-corrected chi connectivity index (χ2v) is 7.02. The second-order valence-electron chi connectivity index (χ2n) is 7.02. The van der Waals surface area contributed by atoms with Crippen molar-refractivity contribution in [3.05, 3.63) is 75.7 Å². The first-order chi connectivity index (χ1) is 13.9. The molecule has 29 heavy (non-hydrogen) atoms. The zero-order valence-electron chi connectivity index (χ0n) is 16.1. The Morgan fingerprint density at radius 1 is 1.07 bits per heavy atom. The molecule has 1 aromatic heterocycles. The molecule has 0 radical (unpaired) electrons. The Morgan fingerprint density at radius 2 is 1.76 bits per heavy atom. The third-order valence-corrected chi connectivity index (χ3v) is 5.19. The monoisotopic (exact) mass is 392 g/mol. The number of benzene rings is 2. The number of ether oxygens (including phenoxy) is 1. The molecule has 1 atom stereocenters. The lowest BCUT2D eigenvalue weighted by atomic mass is 9.87. The van der Waals surface area contributed by atoms with Gasteiger partial charge < -0.3 is 4.74 Å². The summed E-state index contributed by atoms with van der Waals surface area (Å²) in [6, 6.07) is 14.3. The number of nitrogens with zero attached hydrogens (tertiary/aromatic N) is 2. The number of carbonyl (C=O) groups is 2. The SMILES string of the molecule is Cn1nc(C(=O)NNC(=O)C2(C)OCCc3ccccc32)c2ccccc2c1=O. The topological polar surface area (TPSA) is 102 Å². The summed E-state index contributed by atoms with van der Waals surface area (Å²) >= 11 is 0. The number of hydrazine groups is 1. The summed E-state index contributed by atoms with van der Waals surface area (Å²) in [4.78, 5) is 37.8. The van der Waals surface area contributed by atoms with Gasteiger partial charge in [-0.15, -0.1) is 0 Å². The van der Waals surface area contributed by atoms with E-state index in [2.05, 4.69) is 16.0 Å². The van der Waals surface area contributed by atoms with E-state index in [0.717, 1.165) is 22.2 Å². The number of hydrogen-bond acceptors (Lipinski definition) is 5. The van der Waals surface area contributed by atoms with Crippen LogP contribution in [-0.2, 0) is 28.6 Å². The number of fused-ring (bicyclic) bond motifs is 2. The lowest BCUT2D eigenvalue weighted by molar-refractivity contribution is -0.149. The Balaban J connectivity index is 1.59. The number of hydrogen-bond donors (Lipinski definition) is 2. The van der Waals surface area contributed by atoms with Gasteiger partial charge in [-0.2, -0.15) is 5.10 Å². The fraction of sp³-hybridized carbons (Fsp3) is 0.238. The summed E-state index contributed by atoms with van der Waals surface area (Å²) in [5, 5.41) is 4.84. The van der Waals surface area contributed by atoms with Crippen LogP contribution in [-0.4, -0.2) is 28.2 Å². The molecule has 148 valence electrons. The molecule has 0 saturated carbocycles. The van der Waals surface area contributed by atoms with E-state index >= 15 is 0 Å². The largest absolute Gasteiger partial charge is 0.360 e. The first-order valence-electron chi connectivity index (χ1n) is 9.21. The Labute approximate surface area is 166 Å². The molecule has 4 rings (SSSR count). The summed E-state index contributed by atoms with van der Waals surface area (Å²) in [7, 11) is 1.47. The molecular weight excluding hydrogens is 372 g/mol. The van der Waals surface area contributed by atoms with Gasteiger partial charge in [0.2, 0.25) is 0 Å². The number of carbonyl (C=O) groups excluding carboxylic acids is 2. The highest BCUT2D eigenvalue weighted by Crippen LogP contribution is 2.32. The first kappa shape index (κ1) is 18.8. The van der Waals surface area contributed by atoms with Gasteiger partial charge in [-0.3, -0.25) is 25.2 Å². The van der Waals surface area contributed by atoms with E-state index in [9.17, 15) is 14.4 Å². The Kier molecular flexibility index (Phi) is 4.63. The number of nitrogens with one attached hydrogen (secondary N) is 2. The molecule has 0 aliphatic carbocycles. The summed E-state index contributed by atoms with van der Waals surface area (Å²) in [6.07, 6.45) is 0.722. The predicted molar refractivity (Wildman–Crippen MR) is 106 cm³/mol. The quantitative estimate of drug-likeness (QED) is 0.638. The van der Waals surface area contributed by atoms with E-state index < -0.39 is 17.4 Å². The zero-order valence-corrected chi connectivity index (χ0v) is 16.1. The van der Waals surface area contributed by atoms with Crippen LogP contribution >= 0.6 is 0 Å². The molecule has 0 fully saturated rings. The standard InChI is InChI=1S/C21H20N4O4/c1-21(16-10-6-3-7-13(16)11-12-29-21)20(28)23-22-18(26)17-14-8-4-5-9-15(14)19(27)25(2)24-17/h3-10H,11-12H2,1-2H3,(H,22,26)(H,23,28). The van der Waals surface area contributed by atoms with E-state index in [-0.39, 0.29) is 11.3 Å². The van der Waals surface area contributed by atoms with Crippen molar-refractivity contribution in [3.8, 4) is 0 Å². The number of amides is 2. The fourth-order valence-electron chi connectivity index (χ4n) is 3.59. The highest BCUT2D eigenvalue weighted by Gasteiger charge is 2.40. The van der Waals surface area contributed by atoms with Gasteiger partial charge in [-0.05, 0) is 30.5 Å². The molecule has 8 nitrogen and oxygen atoms in total. The maximum atomic E-state index is 12.9. The van der Waals surface area contributed by atoms with Gasteiger partial charge in [0.1, 0.15) is 0 Å². The molecular formula is C21H20N4O4. The van der Waals surface area contributed by atoms with Crippen LogP contribution < -0.4 is 16.4 Å². The van der Waals surface area contributed by atoms with E-state index in [1.54, 1.807) is 31.2 Å². The molecule has 2 amide bonds. The van der Waals surface area contributed by atoms with Crippen molar-refractivity contribution < 1.29 is 14.3 Å². The summed E-state index contributed by atoms with van der Waals surface area (Å²) in [5.74, 6) is -1.12. The molecule has 0 bridgehead atoms. The number of aryl methyl sites for hydroxylation is 1. The predicted octanol–water partition coefficient (Wildman–Crippen LogP) is 1.18. The fourth-order valence-corrected chi connectivity index (χ4v) is 3.59. The van der Waals surface area contributed by atoms with Crippen molar-refractivity contribution in [3.63, 3.8) is 0 Å². The lowest BCUT2D eigenvalue weighted by Gasteiger charge is -2.34. The van der Waals surface area contributed by atoms with Crippen LogP contribution in [0.1, 0.15) is 28.5 Å². The average Bonchev–Trinajstić information content (AvgIpc) is 2.74. The normalized spacial score (nSPS) is 18.1. The van der Waals surface area contributed by atoms with Crippen molar-refractivity contribution >= 4 is 22.6 Å². The molecule has 8 heteroatoms. The van der Waals surface area contributed by atoms with Gasteiger partial charge in [0, 0.05) is 12.4 Å². The molecule has 0 saturated heterocycles. The zero-order chi connectivity index (χ0) is 20.6. The molecule has 3 aromatic rings. The Bertz CT molecular complexity index is 1190. The Morgan fingerprint density at radius 3 is 2.55 bits per heavy atom. The van der Waals surface area contributed by atoms with Gasteiger partial charge in [0.05, 0.1) is 12.0 Å². The minimum absolute atomic E-state index is 0.0399. The third kappa shape index (κ3) is 3.17. The van der Waals surface area contributed by atoms with Crippen molar-refractivity contribution in [1.29, 1.82) is 0 Å². The van der Waals surface area contributed by atoms with Gasteiger partial charge in [0.15, 0.2) is 11.3 Å². The van der Waals surface area contributed by atoms with Crippen LogP contribution in [0.25, 0.3) is 10.8 Å². The Hall–Kier alpha value is -3.52. The van der Waals surface area contributed by atoms with E-state index in [1.807, 2.05) is 24.3 Å². The molecule has 1 aliphatic rings. The molecule has 2 aromatic carbocycles. The summed E-state index contributed by atoms with van der Waals surface area (Å²) in [6.45, 7) is 2.08. The highest BCUT2D eigenvalue weighted by atomic mass is 16.5. The van der Waals surface area contributed by atoms with E-state index in [1.165, 1.54) is 7.05 Å². The highest BCUT2D eigenvalue weighted by molar-refractivity contribution is 6.05. The van der Waals surface area contributed by atoms with Crippen LogP contribution in [0.4, 0.5) is 0 Å². The van der Waals surface area contributed by atoms with E-state index in [0.29, 0.717) is 17.4 Å². The smallest absolute Gasteiger partial charge is 0.290 e. The molecule has 2 N–H and O–H groups in total. The number of rotatable bonds is 2. The van der Waals surface area contributed by atoms with Crippen molar-refractivity contribution in [2.75, 3.05) is 6.61 Å². The molecule has 1 aliphatic heterocycles. The summed E-state index contributed by atoms with van der Waals surface area (Å²) < 4.78 is 6.87. The molecule has 0 spiro atoms. The van der Waals surface area contributed by atoms with Crippen molar-refractivity contribution in [1.82, 2.24) is 20.6 Å². The molecule has 1 unspecified atom stereocenters. The van der Waals surface area contributed by atoms with Crippen LogP contribution in [0.15, 0.2) is 53.3 Å². The minimum atomic E-state index is -1.22. The van der Waals surface area contributed by atoms with Crippen molar-refractivity contribution in [2.24, 2.45) is 7.05 Å². The van der Waals surface area contributed by atoms with Crippen LogP contribution in [0.2, 0.25) is 0 Å². The second kappa shape index (κ2) is 7.14. The van der Waals surface area contributed by atoms with Crippen LogP contribution in [0.3, 0.4) is 0 Å². The lowest BCUT2D eigenvalue weighted by Crippen LogP contribution is -2.53. The minimum Gasteiger partial charge on any atom is -0.360 e. The first-order valence-corrected chi connectivity index (χ1v) is 9.21. The van der Waals surface area contributed by atoms with Crippen LogP contribution in [0.5, 0.6) is 0 Å². The third-order valence-electron chi connectivity index (χ3n) is 5.19. The van der Waals surface area contributed by atoms with Gasteiger partial charge >= 0.3 is 0 Å².